The van der Waals surface area contributed by atoms with Crippen molar-refractivity contribution >= 4 is 5.97 Å². The largest absolute Gasteiger partial charge is 0.481 e. The first-order chi connectivity index (χ1) is 18.2. The fraction of sp³-hybridized carbons (Fsp3) is 0.538. The Labute approximate surface area is 217 Å². The van der Waals surface area contributed by atoms with Crippen molar-refractivity contribution < 1.29 is 32.7 Å². The number of likely N-dealkylation sites (tertiary alicyclic amines) is 1. The van der Waals surface area contributed by atoms with E-state index in [4.69, 9.17) is 4.52 Å². The lowest BCUT2D eigenvalue weighted by Gasteiger charge is -2.32. The highest BCUT2D eigenvalue weighted by Crippen LogP contribution is 2.40. The minimum absolute atomic E-state index is 0.125. The van der Waals surface area contributed by atoms with Gasteiger partial charge in [0.15, 0.2) is 5.69 Å². The fourth-order valence-electron chi connectivity index (χ4n) is 5.48. The zero-order chi connectivity index (χ0) is 26.9. The lowest BCUT2D eigenvalue weighted by Crippen LogP contribution is -2.40. The number of rotatable bonds is 7. The molecule has 5 rings (SSSR count). The summed E-state index contributed by atoms with van der Waals surface area (Å²) in [4.78, 5) is 17.5. The number of aromatic nitrogens is 4. The van der Waals surface area contributed by atoms with Gasteiger partial charge >= 0.3 is 12.1 Å². The molecule has 1 aromatic carbocycles. The molecule has 3 aromatic rings. The third-order valence-electron chi connectivity index (χ3n) is 7.48. The predicted molar refractivity (Wildman–Crippen MR) is 130 cm³/mol. The minimum atomic E-state index is -4.63. The standard InChI is InChI=1S/C26H30F3N5O4/c27-26(28,29)22-20(13-30-34(22)19-6-2-1-3-7-19)24-31-23(32-38-24)17-10-8-16(9-11-17)21(35)15-33-12-4-5-18(14-33)25(36)37/h8-11,13,18-19,21,35H,1-7,12,14-15H2,(H,36,37)/t18-,21+/m0/s1. The number of aliphatic carboxylic acids is 1. The monoisotopic (exact) mass is 533 g/mol. The van der Waals surface area contributed by atoms with E-state index in [1.807, 2.05) is 4.90 Å². The molecule has 2 aliphatic rings. The predicted octanol–water partition coefficient (Wildman–Crippen LogP) is 4.95. The first-order valence-corrected chi connectivity index (χ1v) is 12.9. The summed E-state index contributed by atoms with van der Waals surface area (Å²) in [6.45, 7) is 1.43. The summed E-state index contributed by atoms with van der Waals surface area (Å²) in [5.74, 6) is -1.38. The topological polar surface area (TPSA) is 118 Å². The molecule has 1 saturated carbocycles. The maximum absolute atomic E-state index is 14.1. The van der Waals surface area contributed by atoms with E-state index in [9.17, 15) is 28.2 Å². The first-order valence-electron chi connectivity index (χ1n) is 12.9. The van der Waals surface area contributed by atoms with Crippen LogP contribution in [-0.2, 0) is 11.0 Å². The lowest BCUT2D eigenvalue weighted by molar-refractivity contribution is -0.145. The van der Waals surface area contributed by atoms with Crippen molar-refractivity contribution in [3.8, 4) is 22.8 Å². The smallest absolute Gasteiger partial charge is 0.433 e. The van der Waals surface area contributed by atoms with Gasteiger partial charge in [0, 0.05) is 18.7 Å². The number of aliphatic hydroxyl groups is 1. The van der Waals surface area contributed by atoms with Gasteiger partial charge in [-0.25, -0.2) is 0 Å². The Balaban J connectivity index is 1.31. The third-order valence-corrected chi connectivity index (χ3v) is 7.48. The molecule has 204 valence electrons. The van der Waals surface area contributed by atoms with E-state index >= 15 is 0 Å². The molecule has 9 nitrogen and oxygen atoms in total. The zero-order valence-corrected chi connectivity index (χ0v) is 20.8. The van der Waals surface area contributed by atoms with Gasteiger partial charge in [-0.2, -0.15) is 23.3 Å². The third kappa shape index (κ3) is 5.60. The van der Waals surface area contributed by atoms with Crippen LogP contribution in [0.15, 0.2) is 35.0 Å². The summed E-state index contributed by atoms with van der Waals surface area (Å²) in [5.41, 5.74) is 0.0344. The summed E-state index contributed by atoms with van der Waals surface area (Å²) in [6.07, 6.45) is 1.13. The SMILES string of the molecule is O=C(O)[C@H]1CCCN(C[C@@H](O)c2ccc(-c3noc(-c4cnn(C5CCCCC5)c4C(F)(F)F)n3)cc2)C1. The number of piperidine rings is 1. The highest BCUT2D eigenvalue weighted by Gasteiger charge is 2.41. The van der Waals surface area contributed by atoms with Gasteiger partial charge < -0.3 is 14.7 Å². The molecule has 2 aromatic heterocycles. The molecular formula is C26H30F3N5O4. The van der Waals surface area contributed by atoms with E-state index in [1.165, 1.54) is 0 Å². The molecule has 1 saturated heterocycles. The summed E-state index contributed by atoms with van der Waals surface area (Å²) in [6, 6.07) is 6.41. The van der Waals surface area contributed by atoms with Crippen molar-refractivity contribution in [3.05, 3.63) is 41.7 Å². The first kappa shape index (κ1) is 26.4. The van der Waals surface area contributed by atoms with E-state index in [0.717, 1.165) is 43.1 Å². The molecule has 38 heavy (non-hydrogen) atoms. The maximum Gasteiger partial charge on any atom is 0.433 e. The molecular weight excluding hydrogens is 503 g/mol. The van der Waals surface area contributed by atoms with E-state index in [-0.39, 0.29) is 23.3 Å². The van der Waals surface area contributed by atoms with E-state index in [0.29, 0.717) is 43.5 Å². The van der Waals surface area contributed by atoms with Gasteiger partial charge in [0.05, 0.1) is 29.8 Å². The highest BCUT2D eigenvalue weighted by molar-refractivity contribution is 5.70. The number of halogens is 3. The zero-order valence-electron chi connectivity index (χ0n) is 20.8. The van der Waals surface area contributed by atoms with Crippen LogP contribution in [-0.4, -0.2) is 60.6 Å². The average molecular weight is 534 g/mol. The number of carboxylic acid groups (broad SMARTS) is 1. The number of carbonyl (C=O) groups is 1. The molecule has 0 radical (unpaired) electrons. The molecule has 1 aliphatic heterocycles. The number of benzene rings is 1. The molecule has 3 heterocycles. The lowest BCUT2D eigenvalue weighted by atomic mass is 9.95. The summed E-state index contributed by atoms with van der Waals surface area (Å²) < 4.78 is 48.5. The number of β-amino-alcohol motifs (C(OH)–C–C–N with tert-alkyl or cyclic N) is 1. The Hall–Kier alpha value is -3.25. The van der Waals surface area contributed by atoms with Gasteiger partial charge in [-0.15, -0.1) is 0 Å². The van der Waals surface area contributed by atoms with Gasteiger partial charge in [-0.3, -0.25) is 14.4 Å². The number of hydrogen-bond donors (Lipinski definition) is 2. The van der Waals surface area contributed by atoms with Crippen molar-refractivity contribution in [2.24, 2.45) is 5.92 Å². The molecule has 2 fully saturated rings. The van der Waals surface area contributed by atoms with Crippen LogP contribution in [0.1, 0.15) is 68.3 Å². The van der Waals surface area contributed by atoms with Crippen molar-refractivity contribution in [1.82, 2.24) is 24.8 Å². The summed E-state index contributed by atoms with van der Waals surface area (Å²) >= 11 is 0. The van der Waals surface area contributed by atoms with Crippen LogP contribution in [0, 0.1) is 5.92 Å². The van der Waals surface area contributed by atoms with Crippen LogP contribution >= 0.6 is 0 Å². The van der Waals surface area contributed by atoms with Crippen LogP contribution in [0.5, 0.6) is 0 Å². The Morgan fingerprint density at radius 2 is 1.84 bits per heavy atom. The number of hydrogen-bond acceptors (Lipinski definition) is 7. The van der Waals surface area contributed by atoms with Crippen LogP contribution in [0.25, 0.3) is 22.8 Å². The average Bonchev–Trinajstić information content (AvgIpc) is 3.57. The molecule has 2 atom stereocenters. The molecule has 12 heteroatoms. The van der Waals surface area contributed by atoms with Gasteiger partial charge in [0.2, 0.25) is 5.82 Å². The van der Waals surface area contributed by atoms with Crippen molar-refractivity contribution in [3.63, 3.8) is 0 Å². The Morgan fingerprint density at radius 3 is 2.53 bits per heavy atom. The van der Waals surface area contributed by atoms with Gasteiger partial charge in [0.25, 0.3) is 5.89 Å². The van der Waals surface area contributed by atoms with E-state index < -0.39 is 29.9 Å². The molecule has 0 spiro atoms. The van der Waals surface area contributed by atoms with Gasteiger partial charge in [-0.05, 0) is 37.8 Å². The second-order valence-electron chi connectivity index (χ2n) is 10.1. The summed E-state index contributed by atoms with van der Waals surface area (Å²) in [5, 5.41) is 27.9. The van der Waals surface area contributed by atoms with Crippen LogP contribution in [0.4, 0.5) is 13.2 Å². The second kappa shape index (κ2) is 10.9. The van der Waals surface area contributed by atoms with Crippen LogP contribution in [0.3, 0.4) is 0 Å². The molecule has 1 aliphatic carbocycles. The fourth-order valence-corrected chi connectivity index (χ4v) is 5.48. The van der Waals surface area contributed by atoms with Crippen molar-refractivity contribution in [1.29, 1.82) is 0 Å². The molecule has 0 unspecified atom stereocenters. The highest BCUT2D eigenvalue weighted by atomic mass is 19.4. The molecule has 0 bridgehead atoms. The normalized spacial score (nSPS) is 20.5. The van der Waals surface area contributed by atoms with Crippen molar-refractivity contribution in [2.75, 3.05) is 19.6 Å². The van der Waals surface area contributed by atoms with Crippen LogP contribution in [0.2, 0.25) is 0 Å². The number of nitrogens with zero attached hydrogens (tertiary/aromatic N) is 5. The number of aliphatic hydroxyl groups excluding tert-OH is 1. The van der Waals surface area contributed by atoms with Gasteiger partial charge in [-0.1, -0.05) is 48.7 Å². The Morgan fingerprint density at radius 1 is 1.11 bits per heavy atom. The van der Waals surface area contributed by atoms with Gasteiger partial charge in [0.1, 0.15) is 0 Å². The second-order valence-corrected chi connectivity index (χ2v) is 10.1. The molecule has 2 N–H and O–H groups in total. The summed E-state index contributed by atoms with van der Waals surface area (Å²) in [7, 11) is 0. The maximum atomic E-state index is 14.1. The quantitative estimate of drug-likeness (QED) is 0.438. The van der Waals surface area contributed by atoms with Crippen molar-refractivity contribution in [2.45, 2.75) is 63.3 Å². The number of carboxylic acids is 1. The van der Waals surface area contributed by atoms with Crippen LogP contribution < -0.4 is 0 Å². The molecule has 0 amide bonds. The van der Waals surface area contributed by atoms with E-state index in [1.54, 1.807) is 24.3 Å². The minimum Gasteiger partial charge on any atom is -0.481 e. The van der Waals surface area contributed by atoms with E-state index in [2.05, 4.69) is 15.2 Å². The Bertz CT molecular complexity index is 1250. The Kier molecular flexibility index (Phi) is 7.53. The number of alkyl halides is 3.